The Morgan fingerprint density at radius 2 is 1.76 bits per heavy atom. The summed E-state index contributed by atoms with van der Waals surface area (Å²) in [4.78, 5) is 22.0. The van der Waals surface area contributed by atoms with Crippen molar-refractivity contribution in [1.82, 2.24) is 0 Å². The van der Waals surface area contributed by atoms with E-state index in [1.165, 1.54) is 27.1 Å². The van der Waals surface area contributed by atoms with E-state index in [4.69, 9.17) is 4.74 Å². The molecule has 0 aromatic carbocycles. The van der Waals surface area contributed by atoms with Crippen LogP contribution in [0.15, 0.2) is 0 Å². The predicted molar refractivity (Wildman–Crippen MR) is 85.3 cm³/mol. The van der Waals surface area contributed by atoms with Crippen molar-refractivity contribution in [2.75, 3.05) is 19.5 Å². The number of carbonyl (C=O) groups is 2. The van der Waals surface area contributed by atoms with E-state index in [0.717, 1.165) is 50.3 Å². The summed E-state index contributed by atoms with van der Waals surface area (Å²) < 4.78 is 9.35. The minimum absolute atomic E-state index is 0.00771. The Balaban J connectivity index is 0.000000235. The lowest BCUT2D eigenvalue weighted by Crippen LogP contribution is -2.38. The summed E-state index contributed by atoms with van der Waals surface area (Å²) in [5, 5.41) is 1.03. The fourth-order valence-corrected chi connectivity index (χ4v) is 3.14. The van der Waals surface area contributed by atoms with Gasteiger partial charge in [-0.3, -0.25) is 9.59 Å². The van der Waals surface area contributed by atoms with E-state index in [0.29, 0.717) is 0 Å². The first-order valence-electron chi connectivity index (χ1n) is 7.82. The van der Waals surface area contributed by atoms with Gasteiger partial charge in [0.25, 0.3) is 0 Å². The number of halogens is 1. The van der Waals surface area contributed by atoms with Gasteiger partial charge >= 0.3 is 11.9 Å². The molecule has 21 heavy (non-hydrogen) atoms. The molecule has 0 aromatic heterocycles. The molecule has 0 saturated heterocycles. The standard InChI is InChI=1S/C10H17BrO2.C6H10O2/c1-13-9(12)10(6-4-7-10)5-2-3-8-11;1-8-6(7)5-3-2-4-5/h2-8H2,1H3;5H,2-4H2,1H3. The molecule has 0 radical (unpaired) electrons. The van der Waals surface area contributed by atoms with E-state index in [9.17, 15) is 9.59 Å². The van der Waals surface area contributed by atoms with Crippen molar-refractivity contribution in [3.8, 4) is 0 Å². The smallest absolute Gasteiger partial charge is 0.311 e. The van der Waals surface area contributed by atoms with Crippen LogP contribution in [0.25, 0.3) is 0 Å². The summed E-state index contributed by atoms with van der Waals surface area (Å²) in [5.74, 6) is 0.213. The van der Waals surface area contributed by atoms with Crippen LogP contribution in [0.2, 0.25) is 0 Å². The van der Waals surface area contributed by atoms with Crippen LogP contribution in [0.1, 0.15) is 57.8 Å². The van der Waals surface area contributed by atoms with E-state index in [1.54, 1.807) is 0 Å². The molecule has 0 amide bonds. The van der Waals surface area contributed by atoms with E-state index in [2.05, 4.69) is 20.7 Å². The second-order valence-corrected chi connectivity index (χ2v) is 6.72. The zero-order valence-electron chi connectivity index (χ0n) is 13.2. The number of hydrogen-bond donors (Lipinski definition) is 0. The van der Waals surface area contributed by atoms with Gasteiger partial charge in [0.1, 0.15) is 0 Å². The van der Waals surface area contributed by atoms with Crippen molar-refractivity contribution in [1.29, 1.82) is 0 Å². The van der Waals surface area contributed by atoms with Crippen LogP contribution in [0.4, 0.5) is 0 Å². The molecule has 0 N–H and O–H groups in total. The van der Waals surface area contributed by atoms with Crippen molar-refractivity contribution in [2.45, 2.75) is 57.8 Å². The highest BCUT2D eigenvalue weighted by molar-refractivity contribution is 9.09. The number of unbranched alkanes of at least 4 members (excludes halogenated alkanes) is 1. The molecule has 2 aliphatic carbocycles. The topological polar surface area (TPSA) is 52.6 Å². The molecule has 0 aromatic rings. The molecule has 0 heterocycles. The Hall–Kier alpha value is -0.580. The second-order valence-electron chi connectivity index (χ2n) is 5.92. The van der Waals surface area contributed by atoms with E-state index >= 15 is 0 Å². The lowest BCUT2D eigenvalue weighted by atomic mass is 9.66. The maximum atomic E-state index is 11.5. The van der Waals surface area contributed by atoms with Gasteiger partial charge in [-0.05, 0) is 38.5 Å². The normalized spacial score (nSPS) is 19.4. The summed E-state index contributed by atoms with van der Waals surface area (Å²) in [6.45, 7) is 0. The van der Waals surface area contributed by atoms with Crippen LogP contribution in [0, 0.1) is 11.3 Å². The Morgan fingerprint density at radius 1 is 1.10 bits per heavy atom. The van der Waals surface area contributed by atoms with Gasteiger partial charge in [-0.2, -0.15) is 0 Å². The molecule has 2 fully saturated rings. The van der Waals surface area contributed by atoms with Crippen molar-refractivity contribution < 1.29 is 19.1 Å². The van der Waals surface area contributed by atoms with Crippen LogP contribution in [0.3, 0.4) is 0 Å². The average Bonchev–Trinajstić information content (AvgIpc) is 2.39. The SMILES string of the molecule is COC(=O)C1(CCCCBr)CCC1.COC(=O)C1CCC1. The van der Waals surface area contributed by atoms with E-state index in [1.807, 2.05) is 0 Å². The van der Waals surface area contributed by atoms with Gasteiger partial charge in [0.2, 0.25) is 0 Å². The molecule has 0 aliphatic heterocycles. The number of methoxy groups -OCH3 is 2. The lowest BCUT2D eigenvalue weighted by Gasteiger charge is -2.38. The van der Waals surface area contributed by atoms with Gasteiger partial charge in [0.05, 0.1) is 25.6 Å². The maximum absolute atomic E-state index is 11.5. The second kappa shape index (κ2) is 9.44. The number of hydrogen-bond acceptors (Lipinski definition) is 4. The van der Waals surface area contributed by atoms with Gasteiger partial charge in [0.15, 0.2) is 0 Å². The van der Waals surface area contributed by atoms with Crippen LogP contribution in [-0.4, -0.2) is 31.5 Å². The molecule has 5 heteroatoms. The first-order valence-corrected chi connectivity index (χ1v) is 8.94. The highest BCUT2D eigenvalue weighted by Crippen LogP contribution is 2.46. The number of carbonyl (C=O) groups excluding carboxylic acids is 2. The fourth-order valence-electron chi connectivity index (χ4n) is 2.74. The molecule has 2 rings (SSSR count). The molecular weight excluding hydrogens is 336 g/mol. The molecule has 2 saturated carbocycles. The molecule has 0 atom stereocenters. The number of rotatable bonds is 6. The first kappa shape index (κ1) is 18.5. The summed E-state index contributed by atoms with van der Waals surface area (Å²) in [6.07, 6.45) is 9.79. The molecule has 0 bridgehead atoms. The third-order valence-electron chi connectivity index (χ3n) is 4.61. The predicted octanol–water partition coefficient (Wildman–Crippen LogP) is 3.85. The Bertz CT molecular complexity index is 335. The largest absolute Gasteiger partial charge is 0.469 e. The summed E-state index contributed by atoms with van der Waals surface area (Å²) in [6, 6.07) is 0. The maximum Gasteiger partial charge on any atom is 0.311 e. The highest BCUT2D eigenvalue weighted by atomic mass is 79.9. The third-order valence-corrected chi connectivity index (χ3v) is 5.17. The van der Waals surface area contributed by atoms with Crippen molar-refractivity contribution >= 4 is 27.9 Å². The average molecular weight is 363 g/mol. The van der Waals surface area contributed by atoms with Gasteiger partial charge in [-0.1, -0.05) is 35.2 Å². The fraction of sp³-hybridized carbons (Fsp3) is 0.875. The zero-order valence-corrected chi connectivity index (χ0v) is 14.7. The molecule has 0 spiro atoms. The van der Waals surface area contributed by atoms with E-state index in [-0.39, 0.29) is 23.3 Å². The van der Waals surface area contributed by atoms with E-state index < -0.39 is 0 Å². The first-order chi connectivity index (χ1) is 10.1. The van der Waals surface area contributed by atoms with Gasteiger partial charge in [-0.25, -0.2) is 0 Å². The third kappa shape index (κ3) is 5.28. The van der Waals surface area contributed by atoms with Gasteiger partial charge in [0, 0.05) is 5.33 Å². The highest BCUT2D eigenvalue weighted by Gasteiger charge is 2.44. The van der Waals surface area contributed by atoms with Crippen LogP contribution < -0.4 is 0 Å². The van der Waals surface area contributed by atoms with Gasteiger partial charge < -0.3 is 9.47 Å². The Labute approximate surface area is 136 Å². The van der Waals surface area contributed by atoms with Crippen molar-refractivity contribution in [3.05, 3.63) is 0 Å². The monoisotopic (exact) mass is 362 g/mol. The number of ether oxygens (including phenoxy) is 2. The Kier molecular flexibility index (Phi) is 8.30. The summed E-state index contributed by atoms with van der Waals surface area (Å²) in [7, 11) is 2.94. The minimum Gasteiger partial charge on any atom is -0.469 e. The van der Waals surface area contributed by atoms with Crippen LogP contribution in [-0.2, 0) is 19.1 Å². The molecule has 2 aliphatic rings. The van der Waals surface area contributed by atoms with Crippen LogP contribution >= 0.6 is 15.9 Å². The van der Waals surface area contributed by atoms with Crippen LogP contribution in [0.5, 0.6) is 0 Å². The van der Waals surface area contributed by atoms with Crippen molar-refractivity contribution in [3.63, 3.8) is 0 Å². The molecule has 0 unspecified atom stereocenters. The summed E-state index contributed by atoms with van der Waals surface area (Å²) in [5.41, 5.74) is -0.100. The van der Waals surface area contributed by atoms with Gasteiger partial charge in [-0.15, -0.1) is 0 Å². The summed E-state index contributed by atoms with van der Waals surface area (Å²) >= 11 is 3.39. The molecular formula is C16H27BrO4. The number of alkyl halides is 1. The molecule has 4 nitrogen and oxygen atoms in total. The quantitative estimate of drug-likeness (QED) is 0.409. The minimum atomic E-state index is -0.100. The molecule has 122 valence electrons. The van der Waals surface area contributed by atoms with Crippen molar-refractivity contribution in [2.24, 2.45) is 11.3 Å². The zero-order chi connectivity index (χ0) is 15.7. The number of esters is 2. The Morgan fingerprint density at radius 3 is 2.05 bits per heavy atom. The lowest BCUT2D eigenvalue weighted by molar-refractivity contribution is -0.159.